The fourth-order valence-corrected chi connectivity index (χ4v) is 2.02. The van der Waals surface area contributed by atoms with Crippen molar-refractivity contribution in [3.05, 3.63) is 53.6 Å². The molecule has 3 heteroatoms. The average molecular weight is 243 g/mol. The zero-order valence-corrected chi connectivity index (χ0v) is 11.1. The molecule has 0 spiro atoms. The standard InChI is InChI=1S/C15H21N3/c1-3-4-13-5-7-14(8-6-13)12(2)17-10-15-9-16-11-18-15/h5-9,11-12,17H,3-4,10H2,1-2H3,(H,16,18). The number of nitrogens with zero attached hydrogens (tertiary/aromatic N) is 1. The Morgan fingerprint density at radius 2 is 2.06 bits per heavy atom. The minimum atomic E-state index is 0.351. The molecular weight excluding hydrogens is 222 g/mol. The lowest BCUT2D eigenvalue weighted by Gasteiger charge is -2.14. The van der Waals surface area contributed by atoms with Crippen molar-refractivity contribution in [2.45, 2.75) is 39.3 Å². The molecule has 2 rings (SSSR count). The number of hydrogen-bond donors (Lipinski definition) is 2. The molecule has 3 nitrogen and oxygen atoms in total. The fourth-order valence-electron chi connectivity index (χ4n) is 2.02. The molecule has 0 amide bonds. The van der Waals surface area contributed by atoms with Crippen LogP contribution in [0.1, 0.15) is 43.1 Å². The van der Waals surface area contributed by atoms with Gasteiger partial charge in [0.15, 0.2) is 0 Å². The highest BCUT2D eigenvalue weighted by Gasteiger charge is 2.05. The van der Waals surface area contributed by atoms with Crippen molar-refractivity contribution in [2.75, 3.05) is 0 Å². The summed E-state index contributed by atoms with van der Waals surface area (Å²) in [7, 11) is 0. The average Bonchev–Trinajstić information content (AvgIpc) is 2.90. The first-order chi connectivity index (χ1) is 8.79. The Bertz CT molecular complexity index is 445. The van der Waals surface area contributed by atoms with Crippen LogP contribution < -0.4 is 5.32 Å². The Morgan fingerprint density at radius 1 is 1.28 bits per heavy atom. The maximum atomic E-state index is 4.01. The molecule has 0 aliphatic heterocycles. The monoisotopic (exact) mass is 243 g/mol. The maximum Gasteiger partial charge on any atom is 0.0922 e. The highest BCUT2D eigenvalue weighted by atomic mass is 14.9. The van der Waals surface area contributed by atoms with E-state index in [0.717, 1.165) is 18.7 Å². The van der Waals surface area contributed by atoms with Crippen LogP contribution in [0, 0.1) is 0 Å². The van der Waals surface area contributed by atoms with Gasteiger partial charge in [0.05, 0.1) is 6.33 Å². The van der Waals surface area contributed by atoms with E-state index in [2.05, 4.69) is 53.4 Å². The summed E-state index contributed by atoms with van der Waals surface area (Å²) in [5.41, 5.74) is 3.86. The van der Waals surface area contributed by atoms with Crippen molar-refractivity contribution in [1.29, 1.82) is 0 Å². The van der Waals surface area contributed by atoms with Crippen LogP contribution in [0.15, 0.2) is 36.8 Å². The third-order valence-electron chi connectivity index (χ3n) is 3.17. The smallest absolute Gasteiger partial charge is 0.0922 e. The van der Waals surface area contributed by atoms with E-state index in [1.807, 2.05) is 6.20 Å². The minimum Gasteiger partial charge on any atom is -0.347 e. The molecule has 0 radical (unpaired) electrons. The van der Waals surface area contributed by atoms with Crippen LogP contribution in [0.25, 0.3) is 0 Å². The number of aryl methyl sites for hydroxylation is 1. The highest BCUT2D eigenvalue weighted by Crippen LogP contribution is 2.14. The van der Waals surface area contributed by atoms with Crippen LogP contribution >= 0.6 is 0 Å². The molecule has 96 valence electrons. The van der Waals surface area contributed by atoms with Crippen molar-refractivity contribution in [3.63, 3.8) is 0 Å². The number of benzene rings is 1. The molecule has 0 saturated heterocycles. The molecule has 1 aromatic carbocycles. The van der Waals surface area contributed by atoms with E-state index >= 15 is 0 Å². The van der Waals surface area contributed by atoms with E-state index in [9.17, 15) is 0 Å². The van der Waals surface area contributed by atoms with E-state index in [0.29, 0.717) is 6.04 Å². The predicted molar refractivity (Wildman–Crippen MR) is 74.3 cm³/mol. The summed E-state index contributed by atoms with van der Waals surface area (Å²) in [6.07, 6.45) is 5.93. The van der Waals surface area contributed by atoms with Gasteiger partial charge < -0.3 is 10.3 Å². The number of hydrogen-bond acceptors (Lipinski definition) is 2. The summed E-state index contributed by atoms with van der Waals surface area (Å²) in [5, 5.41) is 3.48. The van der Waals surface area contributed by atoms with Crippen LogP contribution in [0.2, 0.25) is 0 Å². The largest absolute Gasteiger partial charge is 0.347 e. The third-order valence-corrected chi connectivity index (χ3v) is 3.17. The van der Waals surface area contributed by atoms with E-state index in [4.69, 9.17) is 0 Å². The van der Waals surface area contributed by atoms with Gasteiger partial charge in [0.25, 0.3) is 0 Å². The summed E-state index contributed by atoms with van der Waals surface area (Å²) in [4.78, 5) is 7.11. The summed E-state index contributed by atoms with van der Waals surface area (Å²) in [6, 6.07) is 9.25. The number of imidazole rings is 1. The summed E-state index contributed by atoms with van der Waals surface area (Å²) >= 11 is 0. The van der Waals surface area contributed by atoms with Gasteiger partial charge in [-0.25, -0.2) is 4.98 Å². The zero-order chi connectivity index (χ0) is 12.8. The number of nitrogens with one attached hydrogen (secondary N) is 2. The highest BCUT2D eigenvalue weighted by molar-refractivity contribution is 5.24. The molecule has 0 aliphatic carbocycles. The molecule has 1 atom stereocenters. The second-order valence-electron chi connectivity index (χ2n) is 4.67. The summed E-state index contributed by atoms with van der Waals surface area (Å²) in [6.45, 7) is 5.21. The lowest BCUT2D eigenvalue weighted by molar-refractivity contribution is 0.569. The van der Waals surface area contributed by atoms with Crippen LogP contribution in [0.5, 0.6) is 0 Å². The first-order valence-corrected chi connectivity index (χ1v) is 6.59. The molecule has 1 heterocycles. The van der Waals surface area contributed by atoms with Gasteiger partial charge in [-0.3, -0.25) is 0 Å². The van der Waals surface area contributed by atoms with Gasteiger partial charge in [-0.05, 0) is 24.5 Å². The van der Waals surface area contributed by atoms with Crippen LogP contribution in [-0.2, 0) is 13.0 Å². The van der Waals surface area contributed by atoms with Crippen LogP contribution in [-0.4, -0.2) is 9.97 Å². The van der Waals surface area contributed by atoms with Crippen molar-refractivity contribution < 1.29 is 0 Å². The van der Waals surface area contributed by atoms with Gasteiger partial charge in [0.2, 0.25) is 0 Å². The van der Waals surface area contributed by atoms with Crippen molar-refractivity contribution in [2.24, 2.45) is 0 Å². The lowest BCUT2D eigenvalue weighted by atomic mass is 10.0. The number of aromatic amines is 1. The number of aromatic nitrogens is 2. The Hall–Kier alpha value is -1.61. The molecule has 2 N–H and O–H groups in total. The Labute approximate surface area is 109 Å². The second-order valence-corrected chi connectivity index (χ2v) is 4.67. The van der Waals surface area contributed by atoms with Gasteiger partial charge in [0.1, 0.15) is 0 Å². The fraction of sp³-hybridized carbons (Fsp3) is 0.400. The minimum absolute atomic E-state index is 0.351. The van der Waals surface area contributed by atoms with Crippen LogP contribution in [0.3, 0.4) is 0 Å². The van der Waals surface area contributed by atoms with Crippen molar-refractivity contribution in [1.82, 2.24) is 15.3 Å². The molecule has 0 aliphatic rings. The number of rotatable bonds is 6. The quantitative estimate of drug-likeness (QED) is 0.818. The molecule has 1 aromatic heterocycles. The Morgan fingerprint density at radius 3 is 2.67 bits per heavy atom. The van der Waals surface area contributed by atoms with Gasteiger partial charge >= 0.3 is 0 Å². The zero-order valence-electron chi connectivity index (χ0n) is 11.1. The molecule has 1 unspecified atom stereocenters. The Balaban J connectivity index is 1.89. The molecule has 2 aromatic rings. The summed E-state index contributed by atoms with van der Waals surface area (Å²) in [5.74, 6) is 0. The summed E-state index contributed by atoms with van der Waals surface area (Å²) < 4.78 is 0. The van der Waals surface area contributed by atoms with E-state index in [-0.39, 0.29) is 0 Å². The molecule has 0 saturated carbocycles. The lowest BCUT2D eigenvalue weighted by Crippen LogP contribution is -2.18. The molecule has 18 heavy (non-hydrogen) atoms. The van der Waals surface area contributed by atoms with E-state index < -0.39 is 0 Å². The van der Waals surface area contributed by atoms with Crippen LogP contribution in [0.4, 0.5) is 0 Å². The van der Waals surface area contributed by atoms with E-state index in [1.165, 1.54) is 17.5 Å². The van der Waals surface area contributed by atoms with Crippen molar-refractivity contribution >= 4 is 0 Å². The van der Waals surface area contributed by atoms with E-state index in [1.54, 1.807) is 6.33 Å². The number of H-pyrrole nitrogens is 1. The van der Waals surface area contributed by atoms with Crippen molar-refractivity contribution in [3.8, 4) is 0 Å². The third kappa shape index (κ3) is 3.44. The first kappa shape index (κ1) is 12.8. The second kappa shape index (κ2) is 6.36. The first-order valence-electron chi connectivity index (χ1n) is 6.59. The predicted octanol–water partition coefficient (Wildman–Crippen LogP) is 3.21. The topological polar surface area (TPSA) is 40.7 Å². The Kier molecular flexibility index (Phi) is 4.53. The van der Waals surface area contributed by atoms with Gasteiger partial charge in [-0.1, -0.05) is 37.6 Å². The molecule has 0 bridgehead atoms. The van der Waals surface area contributed by atoms with Gasteiger partial charge in [0, 0.05) is 24.5 Å². The molecular formula is C15H21N3. The van der Waals surface area contributed by atoms with Gasteiger partial charge in [-0.2, -0.15) is 0 Å². The normalized spacial score (nSPS) is 12.6. The maximum absolute atomic E-state index is 4.01. The SMILES string of the molecule is CCCc1ccc(C(C)NCc2cnc[nH]2)cc1. The van der Waals surface area contributed by atoms with Gasteiger partial charge in [-0.15, -0.1) is 0 Å². The molecule has 0 fully saturated rings.